The van der Waals surface area contributed by atoms with E-state index in [1.54, 1.807) is 0 Å². The van der Waals surface area contributed by atoms with Crippen LogP contribution in [-0.2, 0) is 0 Å². The molecule has 0 saturated carbocycles. The molecular formula is C18H24N2O. The molecule has 0 amide bonds. The fraction of sp³-hybridized carbons (Fsp3) is 0.333. The second kappa shape index (κ2) is 7.25. The van der Waals surface area contributed by atoms with Crippen molar-refractivity contribution in [3.05, 3.63) is 64.7 Å². The van der Waals surface area contributed by atoms with Gasteiger partial charge in [-0.3, -0.25) is 5.84 Å². The lowest BCUT2D eigenvalue weighted by Gasteiger charge is -2.18. The lowest BCUT2D eigenvalue weighted by molar-refractivity contribution is 0.317. The third kappa shape index (κ3) is 3.84. The first-order valence-electron chi connectivity index (χ1n) is 7.41. The highest BCUT2D eigenvalue weighted by Crippen LogP contribution is 2.25. The average Bonchev–Trinajstić information content (AvgIpc) is 2.50. The topological polar surface area (TPSA) is 47.3 Å². The van der Waals surface area contributed by atoms with Gasteiger partial charge in [-0.1, -0.05) is 37.3 Å². The molecule has 3 heteroatoms. The standard InChI is InChI=1S/C18H24N2O/c1-4-11-21-17-9-7-15(8-10-17)18(20-19)16-6-5-13(2)14(3)12-16/h5-10,12,18,20H,4,11,19H2,1-3H3. The minimum absolute atomic E-state index is 0.00970. The molecule has 2 rings (SSSR count). The Morgan fingerprint density at radius 1 is 1.00 bits per heavy atom. The van der Waals surface area contributed by atoms with Gasteiger partial charge in [0.05, 0.1) is 12.6 Å². The van der Waals surface area contributed by atoms with Crippen LogP contribution in [0.15, 0.2) is 42.5 Å². The number of hydrogen-bond acceptors (Lipinski definition) is 3. The summed E-state index contributed by atoms with van der Waals surface area (Å²) in [7, 11) is 0. The van der Waals surface area contributed by atoms with Gasteiger partial charge in [-0.15, -0.1) is 0 Å². The second-order valence-corrected chi connectivity index (χ2v) is 5.36. The van der Waals surface area contributed by atoms with Gasteiger partial charge in [0.1, 0.15) is 5.75 Å². The van der Waals surface area contributed by atoms with Crippen LogP contribution >= 0.6 is 0 Å². The molecule has 0 bridgehead atoms. The van der Waals surface area contributed by atoms with Crippen molar-refractivity contribution in [1.82, 2.24) is 5.43 Å². The lowest BCUT2D eigenvalue weighted by atomic mass is 9.96. The third-order valence-corrected chi connectivity index (χ3v) is 3.72. The fourth-order valence-corrected chi connectivity index (χ4v) is 2.31. The molecule has 3 nitrogen and oxygen atoms in total. The summed E-state index contributed by atoms with van der Waals surface area (Å²) in [5.41, 5.74) is 7.77. The number of ether oxygens (including phenoxy) is 1. The Morgan fingerprint density at radius 3 is 2.24 bits per heavy atom. The molecule has 0 saturated heterocycles. The van der Waals surface area contributed by atoms with E-state index in [9.17, 15) is 0 Å². The van der Waals surface area contributed by atoms with Crippen LogP contribution in [0.4, 0.5) is 0 Å². The van der Waals surface area contributed by atoms with Crippen LogP contribution in [0.2, 0.25) is 0 Å². The van der Waals surface area contributed by atoms with E-state index in [4.69, 9.17) is 10.6 Å². The van der Waals surface area contributed by atoms with Crippen molar-refractivity contribution in [2.75, 3.05) is 6.61 Å². The second-order valence-electron chi connectivity index (χ2n) is 5.36. The Morgan fingerprint density at radius 2 is 1.67 bits per heavy atom. The molecule has 1 unspecified atom stereocenters. The van der Waals surface area contributed by atoms with Crippen molar-refractivity contribution in [2.45, 2.75) is 33.2 Å². The minimum atomic E-state index is -0.00970. The first kappa shape index (κ1) is 15.5. The van der Waals surface area contributed by atoms with E-state index in [0.29, 0.717) is 0 Å². The molecular weight excluding hydrogens is 260 g/mol. The summed E-state index contributed by atoms with van der Waals surface area (Å²) in [5, 5.41) is 0. The van der Waals surface area contributed by atoms with Crippen molar-refractivity contribution in [2.24, 2.45) is 5.84 Å². The maximum Gasteiger partial charge on any atom is 0.119 e. The quantitative estimate of drug-likeness (QED) is 0.629. The van der Waals surface area contributed by atoms with Crippen molar-refractivity contribution < 1.29 is 4.74 Å². The number of aryl methyl sites for hydroxylation is 2. The van der Waals surface area contributed by atoms with Gasteiger partial charge >= 0.3 is 0 Å². The van der Waals surface area contributed by atoms with E-state index in [-0.39, 0.29) is 6.04 Å². The number of nitrogens with one attached hydrogen (secondary N) is 1. The number of nitrogens with two attached hydrogens (primary N) is 1. The van der Waals surface area contributed by atoms with Crippen LogP contribution in [0.25, 0.3) is 0 Å². The maximum absolute atomic E-state index is 5.76. The molecule has 1 atom stereocenters. The summed E-state index contributed by atoms with van der Waals surface area (Å²) in [6.45, 7) is 7.08. The van der Waals surface area contributed by atoms with Crippen molar-refractivity contribution in [3.8, 4) is 5.75 Å². The van der Waals surface area contributed by atoms with Crippen molar-refractivity contribution in [1.29, 1.82) is 0 Å². The summed E-state index contributed by atoms with van der Waals surface area (Å²) in [6, 6.07) is 14.5. The zero-order valence-corrected chi connectivity index (χ0v) is 13.0. The SMILES string of the molecule is CCCOc1ccc(C(NN)c2ccc(C)c(C)c2)cc1. The maximum atomic E-state index is 5.76. The van der Waals surface area contributed by atoms with Gasteiger partial charge in [0.2, 0.25) is 0 Å². The largest absolute Gasteiger partial charge is 0.494 e. The van der Waals surface area contributed by atoms with Gasteiger partial charge in [0.15, 0.2) is 0 Å². The van der Waals surface area contributed by atoms with E-state index >= 15 is 0 Å². The summed E-state index contributed by atoms with van der Waals surface area (Å²) in [5.74, 6) is 6.66. The number of hydrogen-bond donors (Lipinski definition) is 2. The summed E-state index contributed by atoms with van der Waals surface area (Å²) in [6.07, 6.45) is 1.01. The Hall–Kier alpha value is -1.84. The van der Waals surface area contributed by atoms with E-state index in [2.05, 4.69) is 56.5 Å². The van der Waals surface area contributed by atoms with E-state index in [0.717, 1.165) is 24.3 Å². The van der Waals surface area contributed by atoms with Crippen LogP contribution < -0.4 is 16.0 Å². The molecule has 0 aromatic heterocycles. The number of benzene rings is 2. The van der Waals surface area contributed by atoms with Crippen LogP contribution in [0.5, 0.6) is 5.75 Å². The Labute approximate surface area is 127 Å². The summed E-state index contributed by atoms with van der Waals surface area (Å²) in [4.78, 5) is 0. The molecule has 0 aliphatic carbocycles. The van der Waals surface area contributed by atoms with Gasteiger partial charge < -0.3 is 4.74 Å². The molecule has 3 N–H and O–H groups in total. The van der Waals surface area contributed by atoms with Crippen LogP contribution in [0, 0.1) is 13.8 Å². The first-order chi connectivity index (χ1) is 10.2. The Bertz CT molecular complexity index is 578. The predicted octanol–water partition coefficient (Wildman–Crippen LogP) is 3.64. The van der Waals surface area contributed by atoms with Gasteiger partial charge in [-0.05, 0) is 54.7 Å². The summed E-state index contributed by atoms with van der Waals surface area (Å²) < 4.78 is 5.61. The van der Waals surface area contributed by atoms with Crippen LogP contribution in [0.3, 0.4) is 0 Å². The Kier molecular flexibility index (Phi) is 5.37. The zero-order valence-electron chi connectivity index (χ0n) is 13.0. The highest BCUT2D eigenvalue weighted by atomic mass is 16.5. The van der Waals surface area contributed by atoms with E-state index in [1.165, 1.54) is 16.7 Å². The zero-order chi connectivity index (χ0) is 15.2. The van der Waals surface area contributed by atoms with Gasteiger partial charge in [-0.2, -0.15) is 0 Å². The van der Waals surface area contributed by atoms with Crippen LogP contribution in [0.1, 0.15) is 41.6 Å². The van der Waals surface area contributed by atoms with Crippen molar-refractivity contribution in [3.63, 3.8) is 0 Å². The highest BCUT2D eigenvalue weighted by molar-refractivity contribution is 5.38. The Balaban J connectivity index is 2.22. The lowest BCUT2D eigenvalue weighted by Crippen LogP contribution is -2.28. The van der Waals surface area contributed by atoms with Crippen LogP contribution in [-0.4, -0.2) is 6.61 Å². The molecule has 112 valence electrons. The van der Waals surface area contributed by atoms with Gasteiger partial charge in [-0.25, -0.2) is 5.43 Å². The average molecular weight is 284 g/mol. The van der Waals surface area contributed by atoms with E-state index in [1.807, 2.05) is 12.1 Å². The molecule has 0 aliphatic heterocycles. The molecule has 0 radical (unpaired) electrons. The van der Waals surface area contributed by atoms with E-state index < -0.39 is 0 Å². The smallest absolute Gasteiger partial charge is 0.119 e. The normalized spacial score (nSPS) is 12.2. The molecule has 0 aliphatic rings. The first-order valence-corrected chi connectivity index (χ1v) is 7.41. The fourth-order valence-electron chi connectivity index (χ4n) is 2.31. The van der Waals surface area contributed by atoms with Gasteiger partial charge in [0.25, 0.3) is 0 Å². The monoisotopic (exact) mass is 284 g/mol. The minimum Gasteiger partial charge on any atom is -0.494 e. The molecule has 0 fully saturated rings. The molecule has 2 aromatic rings. The number of hydrazine groups is 1. The molecule has 0 heterocycles. The number of rotatable bonds is 6. The van der Waals surface area contributed by atoms with Gasteiger partial charge in [0, 0.05) is 0 Å². The molecule has 21 heavy (non-hydrogen) atoms. The van der Waals surface area contributed by atoms with Crippen molar-refractivity contribution >= 4 is 0 Å². The predicted molar refractivity (Wildman–Crippen MR) is 87.3 cm³/mol. The molecule has 0 spiro atoms. The molecule has 2 aromatic carbocycles. The third-order valence-electron chi connectivity index (χ3n) is 3.72. The highest BCUT2D eigenvalue weighted by Gasteiger charge is 2.13. The summed E-state index contributed by atoms with van der Waals surface area (Å²) >= 11 is 0.